The van der Waals surface area contributed by atoms with Crippen LogP contribution in [0.5, 0.6) is 0 Å². The molecule has 0 aliphatic carbocycles. The first-order chi connectivity index (χ1) is 7.41. The predicted octanol–water partition coefficient (Wildman–Crippen LogP) is 3.40. The Morgan fingerprint density at radius 3 is 2.38 bits per heavy atom. The maximum Gasteiger partial charge on any atom is 0.0941 e. The van der Waals surface area contributed by atoms with Crippen molar-refractivity contribution >= 4 is 23.2 Å². The van der Waals surface area contributed by atoms with E-state index in [-0.39, 0.29) is 6.04 Å². The van der Waals surface area contributed by atoms with Gasteiger partial charge in [0.2, 0.25) is 0 Å². The highest BCUT2D eigenvalue weighted by atomic mass is 35.5. The molecule has 1 rings (SSSR count). The molecule has 16 heavy (non-hydrogen) atoms. The topological polar surface area (TPSA) is 46.2 Å². The van der Waals surface area contributed by atoms with Gasteiger partial charge in [0.1, 0.15) is 0 Å². The van der Waals surface area contributed by atoms with Crippen LogP contribution < -0.4 is 5.73 Å². The zero-order valence-electron chi connectivity index (χ0n) is 9.45. The van der Waals surface area contributed by atoms with Crippen molar-refractivity contribution in [3.05, 3.63) is 33.8 Å². The molecule has 90 valence electrons. The fraction of sp³-hybridized carbons (Fsp3) is 0.500. The van der Waals surface area contributed by atoms with Crippen LogP contribution >= 0.6 is 23.2 Å². The second kappa shape index (κ2) is 5.87. The molecule has 0 aromatic heterocycles. The summed E-state index contributed by atoms with van der Waals surface area (Å²) in [6.07, 6.45) is 0.0682. The van der Waals surface area contributed by atoms with Gasteiger partial charge >= 0.3 is 0 Å². The Morgan fingerprint density at radius 2 is 1.88 bits per heavy atom. The van der Waals surface area contributed by atoms with Gasteiger partial charge in [-0.25, -0.2) is 0 Å². The minimum Gasteiger partial charge on any atom is -0.387 e. The minimum absolute atomic E-state index is 0.280. The molecule has 0 bridgehead atoms. The van der Waals surface area contributed by atoms with Gasteiger partial charge in [-0.2, -0.15) is 0 Å². The molecule has 0 fully saturated rings. The van der Waals surface area contributed by atoms with Crippen molar-refractivity contribution in [2.24, 2.45) is 11.7 Å². The van der Waals surface area contributed by atoms with Crippen LogP contribution in [0, 0.1) is 5.92 Å². The summed E-state index contributed by atoms with van der Waals surface area (Å²) >= 11 is 11.7. The maximum absolute atomic E-state index is 10.0. The first kappa shape index (κ1) is 13.8. The highest BCUT2D eigenvalue weighted by Gasteiger charge is 2.18. The Hall–Kier alpha value is -0.280. The molecule has 0 spiro atoms. The third kappa shape index (κ3) is 3.63. The Labute approximate surface area is 106 Å². The van der Waals surface area contributed by atoms with Gasteiger partial charge in [0.15, 0.2) is 0 Å². The summed E-state index contributed by atoms with van der Waals surface area (Å²) in [5.41, 5.74) is 6.62. The summed E-state index contributed by atoms with van der Waals surface area (Å²) in [7, 11) is 0. The Kier molecular flexibility index (Phi) is 5.06. The van der Waals surface area contributed by atoms with E-state index in [0.29, 0.717) is 21.5 Å². The third-order valence-corrected chi connectivity index (χ3v) is 3.17. The number of rotatable bonds is 4. The van der Waals surface area contributed by atoms with E-state index in [4.69, 9.17) is 28.9 Å². The second-order valence-corrected chi connectivity index (χ2v) is 5.23. The Morgan fingerprint density at radius 1 is 1.25 bits per heavy atom. The van der Waals surface area contributed by atoms with E-state index in [1.165, 1.54) is 0 Å². The number of aliphatic hydroxyl groups excluding tert-OH is 1. The maximum atomic E-state index is 10.0. The van der Waals surface area contributed by atoms with E-state index in [9.17, 15) is 5.11 Å². The fourth-order valence-corrected chi connectivity index (χ4v) is 1.92. The van der Waals surface area contributed by atoms with E-state index in [1.807, 2.05) is 0 Å². The van der Waals surface area contributed by atoms with Crippen molar-refractivity contribution in [2.75, 3.05) is 0 Å². The molecule has 2 nitrogen and oxygen atoms in total. The number of hydrogen-bond acceptors (Lipinski definition) is 2. The third-order valence-electron chi connectivity index (χ3n) is 2.43. The average Bonchev–Trinajstić information content (AvgIpc) is 2.20. The molecule has 2 unspecified atom stereocenters. The van der Waals surface area contributed by atoms with Gasteiger partial charge in [-0.05, 0) is 30.0 Å². The van der Waals surface area contributed by atoms with Crippen LogP contribution in [-0.4, -0.2) is 11.1 Å². The zero-order valence-corrected chi connectivity index (χ0v) is 11.0. The molecule has 0 radical (unpaired) electrons. The summed E-state index contributed by atoms with van der Waals surface area (Å²) < 4.78 is 0. The summed E-state index contributed by atoms with van der Waals surface area (Å²) in [6, 6.07) is 4.80. The highest BCUT2D eigenvalue weighted by molar-refractivity contribution is 6.42. The average molecular weight is 262 g/mol. The van der Waals surface area contributed by atoms with Gasteiger partial charge in [0.25, 0.3) is 0 Å². The van der Waals surface area contributed by atoms with E-state index in [0.717, 1.165) is 6.42 Å². The van der Waals surface area contributed by atoms with Gasteiger partial charge in [-0.3, -0.25) is 0 Å². The molecule has 1 aromatic rings. The van der Waals surface area contributed by atoms with Crippen molar-refractivity contribution in [2.45, 2.75) is 32.4 Å². The smallest absolute Gasteiger partial charge is 0.0941 e. The number of halogens is 2. The summed E-state index contributed by atoms with van der Waals surface area (Å²) in [5, 5.41) is 10.9. The minimum atomic E-state index is -0.697. The quantitative estimate of drug-likeness (QED) is 0.873. The second-order valence-electron chi connectivity index (χ2n) is 4.41. The number of benzene rings is 1. The number of hydrogen-bond donors (Lipinski definition) is 2. The SMILES string of the molecule is CC(C)CC(N)C(O)c1ccc(Cl)c(Cl)c1. The monoisotopic (exact) mass is 261 g/mol. The van der Waals surface area contributed by atoms with Crippen molar-refractivity contribution < 1.29 is 5.11 Å². The molecular weight excluding hydrogens is 245 g/mol. The molecule has 1 aromatic carbocycles. The van der Waals surface area contributed by atoms with Crippen molar-refractivity contribution in [1.82, 2.24) is 0 Å². The van der Waals surface area contributed by atoms with Crippen LogP contribution in [0.2, 0.25) is 10.0 Å². The molecule has 2 atom stereocenters. The van der Waals surface area contributed by atoms with Crippen LogP contribution in [0.15, 0.2) is 18.2 Å². The summed E-state index contributed by atoms with van der Waals surface area (Å²) in [5.74, 6) is 0.451. The van der Waals surface area contributed by atoms with E-state index in [1.54, 1.807) is 18.2 Å². The van der Waals surface area contributed by atoms with Crippen LogP contribution in [0.3, 0.4) is 0 Å². The van der Waals surface area contributed by atoms with Crippen LogP contribution in [-0.2, 0) is 0 Å². The van der Waals surface area contributed by atoms with E-state index in [2.05, 4.69) is 13.8 Å². The Balaban J connectivity index is 2.79. The lowest BCUT2D eigenvalue weighted by Crippen LogP contribution is -2.29. The van der Waals surface area contributed by atoms with Gasteiger partial charge in [-0.15, -0.1) is 0 Å². The molecule has 4 heteroatoms. The van der Waals surface area contributed by atoms with Gasteiger partial charge in [0, 0.05) is 6.04 Å². The molecular formula is C12H17Cl2NO. The van der Waals surface area contributed by atoms with Gasteiger partial charge < -0.3 is 10.8 Å². The largest absolute Gasteiger partial charge is 0.387 e. The van der Waals surface area contributed by atoms with E-state index < -0.39 is 6.10 Å². The molecule has 0 amide bonds. The normalized spacial score (nSPS) is 15.2. The standard InChI is InChI=1S/C12H17Cl2NO/c1-7(2)5-11(15)12(16)8-3-4-9(13)10(14)6-8/h3-4,6-7,11-12,16H,5,15H2,1-2H3. The first-order valence-electron chi connectivity index (χ1n) is 5.30. The molecule has 0 saturated heterocycles. The molecule has 0 aliphatic heterocycles. The van der Waals surface area contributed by atoms with Crippen LogP contribution in [0.1, 0.15) is 31.9 Å². The zero-order chi connectivity index (χ0) is 12.3. The fourth-order valence-electron chi connectivity index (χ4n) is 1.62. The van der Waals surface area contributed by atoms with Crippen molar-refractivity contribution in [1.29, 1.82) is 0 Å². The van der Waals surface area contributed by atoms with Crippen LogP contribution in [0.4, 0.5) is 0 Å². The van der Waals surface area contributed by atoms with Gasteiger partial charge in [0.05, 0.1) is 16.1 Å². The lowest BCUT2D eigenvalue weighted by atomic mass is 9.95. The Bertz CT molecular complexity index is 355. The highest BCUT2D eigenvalue weighted by Crippen LogP contribution is 2.27. The predicted molar refractivity (Wildman–Crippen MR) is 68.9 cm³/mol. The van der Waals surface area contributed by atoms with E-state index >= 15 is 0 Å². The number of nitrogens with two attached hydrogens (primary N) is 1. The van der Waals surface area contributed by atoms with Crippen molar-refractivity contribution in [3.8, 4) is 0 Å². The molecule has 3 N–H and O–H groups in total. The molecule has 0 saturated carbocycles. The van der Waals surface area contributed by atoms with Gasteiger partial charge in [-0.1, -0.05) is 43.1 Å². The lowest BCUT2D eigenvalue weighted by Gasteiger charge is -2.21. The lowest BCUT2D eigenvalue weighted by molar-refractivity contribution is 0.136. The van der Waals surface area contributed by atoms with Crippen LogP contribution in [0.25, 0.3) is 0 Å². The summed E-state index contributed by atoms with van der Waals surface area (Å²) in [6.45, 7) is 4.14. The summed E-state index contributed by atoms with van der Waals surface area (Å²) in [4.78, 5) is 0. The first-order valence-corrected chi connectivity index (χ1v) is 6.06. The van der Waals surface area contributed by atoms with Crippen molar-refractivity contribution in [3.63, 3.8) is 0 Å². The molecule has 0 heterocycles. The number of aliphatic hydroxyl groups is 1. The molecule has 0 aliphatic rings.